The first-order chi connectivity index (χ1) is 18.1. The van der Waals surface area contributed by atoms with Gasteiger partial charge in [-0.05, 0) is 69.8 Å². The van der Waals surface area contributed by atoms with Crippen molar-refractivity contribution >= 4 is 31.4 Å². The largest absolute Gasteiger partial charge is 0.449 e. The Bertz CT molecular complexity index is 1940. The molecule has 5 heteroatoms. The molecule has 4 nitrogen and oxygen atoms in total. The van der Waals surface area contributed by atoms with E-state index in [4.69, 9.17) is 9.47 Å². The fourth-order valence-electron chi connectivity index (χ4n) is 4.90. The van der Waals surface area contributed by atoms with Crippen LogP contribution in [0.2, 0.25) is 0 Å². The van der Waals surface area contributed by atoms with E-state index in [1.807, 2.05) is 72.8 Å². The molecule has 178 valence electrons. The predicted octanol–water partition coefficient (Wildman–Crippen LogP) is 8.39. The van der Waals surface area contributed by atoms with Gasteiger partial charge in [-0.25, -0.2) is 8.42 Å². The molecule has 0 N–H and O–H groups in total. The molecule has 6 aromatic rings. The van der Waals surface area contributed by atoms with Crippen LogP contribution >= 0.6 is 0 Å². The first kappa shape index (κ1) is 21.7. The molecule has 0 bridgehead atoms. The number of rotatable bonds is 3. The van der Waals surface area contributed by atoms with E-state index in [9.17, 15) is 8.42 Å². The first-order valence-corrected chi connectivity index (χ1v) is 13.4. The molecule has 0 saturated heterocycles. The van der Waals surface area contributed by atoms with Gasteiger partial charge < -0.3 is 9.47 Å². The quantitative estimate of drug-likeness (QED) is 0.244. The Kier molecular flexibility index (Phi) is 4.81. The Morgan fingerprint density at radius 1 is 0.486 bits per heavy atom. The summed E-state index contributed by atoms with van der Waals surface area (Å²) in [5, 5.41) is 3.98. The third-order valence-electron chi connectivity index (χ3n) is 6.71. The zero-order valence-corrected chi connectivity index (χ0v) is 20.4. The van der Waals surface area contributed by atoms with Crippen LogP contribution in [0.1, 0.15) is 0 Å². The zero-order valence-electron chi connectivity index (χ0n) is 19.6. The average molecular weight is 501 g/mol. The summed E-state index contributed by atoms with van der Waals surface area (Å²) < 4.78 is 39.4. The van der Waals surface area contributed by atoms with E-state index in [0.717, 1.165) is 32.7 Å². The summed E-state index contributed by atoms with van der Waals surface area (Å²) in [6, 6.07) is 37.5. The molecule has 1 heterocycles. The van der Waals surface area contributed by atoms with Crippen LogP contribution in [0.3, 0.4) is 0 Å². The molecule has 0 spiro atoms. The number of fused-ring (bicyclic) bond motifs is 5. The Morgan fingerprint density at radius 3 is 1.86 bits per heavy atom. The van der Waals surface area contributed by atoms with E-state index < -0.39 is 9.84 Å². The van der Waals surface area contributed by atoms with Gasteiger partial charge in [-0.2, -0.15) is 0 Å². The van der Waals surface area contributed by atoms with Crippen LogP contribution in [0.15, 0.2) is 131 Å². The number of hydrogen-bond acceptors (Lipinski definition) is 4. The second-order valence-electron chi connectivity index (χ2n) is 8.99. The number of benzene rings is 6. The van der Waals surface area contributed by atoms with Crippen LogP contribution < -0.4 is 9.47 Å². The lowest BCUT2D eigenvalue weighted by molar-refractivity contribution is 0.364. The van der Waals surface area contributed by atoms with E-state index >= 15 is 0 Å². The van der Waals surface area contributed by atoms with Gasteiger partial charge in [0.2, 0.25) is 9.84 Å². The van der Waals surface area contributed by atoms with Crippen molar-refractivity contribution in [2.24, 2.45) is 0 Å². The molecular weight excluding hydrogens is 480 g/mol. The van der Waals surface area contributed by atoms with E-state index in [2.05, 4.69) is 0 Å². The molecule has 37 heavy (non-hydrogen) atoms. The number of hydrogen-bond donors (Lipinski definition) is 0. The van der Waals surface area contributed by atoms with Crippen LogP contribution in [0.25, 0.3) is 32.7 Å². The molecule has 0 radical (unpaired) electrons. The van der Waals surface area contributed by atoms with Gasteiger partial charge in [0, 0.05) is 5.39 Å². The van der Waals surface area contributed by atoms with E-state index in [1.165, 1.54) is 0 Å². The highest BCUT2D eigenvalue weighted by molar-refractivity contribution is 7.91. The SMILES string of the molecule is O=S(=O)(c1ccccc1)c1cccc(-c2cc3c(c4ccccc24)Oc2cc4ccccc4cc2O3)c1. The van der Waals surface area contributed by atoms with Crippen molar-refractivity contribution in [2.45, 2.75) is 9.79 Å². The monoisotopic (exact) mass is 500 g/mol. The Labute approximate surface area is 214 Å². The van der Waals surface area contributed by atoms with Crippen LogP contribution in [0, 0.1) is 0 Å². The Balaban J connectivity index is 1.39. The lowest BCUT2D eigenvalue weighted by atomic mass is 9.96. The summed E-state index contributed by atoms with van der Waals surface area (Å²) in [4.78, 5) is 0.509. The molecule has 0 aromatic heterocycles. The van der Waals surface area contributed by atoms with Crippen LogP contribution in [-0.2, 0) is 9.84 Å². The fraction of sp³-hybridized carbons (Fsp3) is 0. The van der Waals surface area contributed by atoms with Crippen molar-refractivity contribution in [1.82, 2.24) is 0 Å². The minimum Gasteiger partial charge on any atom is -0.449 e. The van der Waals surface area contributed by atoms with Crippen LogP contribution in [0.5, 0.6) is 23.0 Å². The van der Waals surface area contributed by atoms with Gasteiger partial charge in [-0.3, -0.25) is 0 Å². The van der Waals surface area contributed by atoms with Gasteiger partial charge >= 0.3 is 0 Å². The third kappa shape index (κ3) is 3.55. The summed E-state index contributed by atoms with van der Waals surface area (Å²) in [6.45, 7) is 0. The molecule has 0 saturated carbocycles. The van der Waals surface area contributed by atoms with Crippen molar-refractivity contribution in [1.29, 1.82) is 0 Å². The lowest BCUT2D eigenvalue weighted by Gasteiger charge is -2.24. The van der Waals surface area contributed by atoms with Gasteiger partial charge in [-0.1, -0.05) is 78.9 Å². The van der Waals surface area contributed by atoms with Crippen molar-refractivity contribution in [3.05, 3.63) is 121 Å². The molecule has 1 aliphatic heterocycles. The Morgan fingerprint density at radius 2 is 1.11 bits per heavy atom. The van der Waals surface area contributed by atoms with Crippen molar-refractivity contribution in [3.8, 4) is 34.1 Å². The van der Waals surface area contributed by atoms with Gasteiger partial charge in [0.1, 0.15) is 0 Å². The molecular formula is C32H20O4S. The molecule has 6 aromatic carbocycles. The highest BCUT2D eigenvalue weighted by atomic mass is 32.2. The van der Waals surface area contributed by atoms with E-state index in [0.29, 0.717) is 23.0 Å². The number of ether oxygens (including phenoxy) is 2. The second-order valence-corrected chi connectivity index (χ2v) is 10.9. The van der Waals surface area contributed by atoms with Crippen LogP contribution in [0.4, 0.5) is 0 Å². The Hall–Kier alpha value is -4.61. The molecule has 0 amide bonds. The fourth-order valence-corrected chi connectivity index (χ4v) is 6.22. The normalized spacial score (nSPS) is 12.4. The molecule has 0 unspecified atom stereocenters. The molecule has 7 rings (SSSR count). The standard InChI is InChI=1S/C32H20O4S/c33-37(34,24-12-2-1-3-13-24)25-14-8-11-23(17-25)28-20-31-32(27-16-7-6-15-26(27)28)36-30-19-22-10-5-4-9-21(22)18-29(30)35-31/h1-20H. The van der Waals surface area contributed by atoms with Gasteiger partial charge in [0.05, 0.1) is 9.79 Å². The molecule has 0 fully saturated rings. The summed E-state index contributed by atoms with van der Waals surface area (Å²) in [5.41, 5.74) is 1.65. The van der Waals surface area contributed by atoms with E-state index in [-0.39, 0.29) is 9.79 Å². The molecule has 0 atom stereocenters. The molecule has 0 aliphatic carbocycles. The van der Waals surface area contributed by atoms with Crippen molar-refractivity contribution in [2.75, 3.05) is 0 Å². The summed E-state index contributed by atoms with van der Waals surface area (Å²) in [7, 11) is -3.66. The zero-order chi connectivity index (χ0) is 25.0. The maximum absolute atomic E-state index is 13.3. The maximum atomic E-state index is 13.3. The smallest absolute Gasteiger partial charge is 0.206 e. The molecule has 1 aliphatic rings. The third-order valence-corrected chi connectivity index (χ3v) is 8.48. The minimum absolute atomic E-state index is 0.243. The minimum atomic E-state index is -3.66. The van der Waals surface area contributed by atoms with Gasteiger partial charge in [0.25, 0.3) is 0 Å². The second kappa shape index (κ2) is 8.22. The van der Waals surface area contributed by atoms with Gasteiger partial charge in [-0.15, -0.1) is 0 Å². The lowest BCUT2D eigenvalue weighted by Crippen LogP contribution is -2.02. The van der Waals surface area contributed by atoms with Crippen LogP contribution in [-0.4, -0.2) is 8.42 Å². The van der Waals surface area contributed by atoms with Crippen molar-refractivity contribution < 1.29 is 17.9 Å². The summed E-state index contributed by atoms with van der Waals surface area (Å²) in [5.74, 6) is 2.55. The number of sulfone groups is 1. The summed E-state index contributed by atoms with van der Waals surface area (Å²) >= 11 is 0. The highest BCUT2D eigenvalue weighted by Gasteiger charge is 2.25. The highest BCUT2D eigenvalue weighted by Crippen LogP contribution is 2.52. The predicted molar refractivity (Wildman–Crippen MR) is 145 cm³/mol. The first-order valence-electron chi connectivity index (χ1n) is 11.9. The van der Waals surface area contributed by atoms with Crippen molar-refractivity contribution in [3.63, 3.8) is 0 Å². The topological polar surface area (TPSA) is 52.6 Å². The average Bonchev–Trinajstić information content (AvgIpc) is 2.95. The van der Waals surface area contributed by atoms with Gasteiger partial charge in [0.15, 0.2) is 23.0 Å². The maximum Gasteiger partial charge on any atom is 0.206 e. The van der Waals surface area contributed by atoms with E-state index in [1.54, 1.807) is 48.5 Å². The summed E-state index contributed by atoms with van der Waals surface area (Å²) in [6.07, 6.45) is 0.